The number of amides is 1. The molecule has 2 aliphatic heterocycles. The van der Waals surface area contributed by atoms with E-state index in [1.807, 2.05) is 61.3 Å². The second-order valence-electron chi connectivity index (χ2n) is 10.5. The molecular formula is C31H34Cl2N2O2. The van der Waals surface area contributed by atoms with E-state index in [-0.39, 0.29) is 17.4 Å². The molecule has 1 amide bonds. The first-order valence-electron chi connectivity index (χ1n) is 13.1. The summed E-state index contributed by atoms with van der Waals surface area (Å²) in [5.41, 5.74) is 5.48. The summed E-state index contributed by atoms with van der Waals surface area (Å²) in [5.74, 6) is 0.179. The molecule has 1 unspecified atom stereocenters. The molecule has 1 fully saturated rings. The van der Waals surface area contributed by atoms with Gasteiger partial charge in [-0.05, 0) is 73.7 Å². The minimum Gasteiger partial charge on any atom is -0.365 e. The molecule has 0 radical (unpaired) electrons. The largest absolute Gasteiger partial charge is 0.365 e. The van der Waals surface area contributed by atoms with Crippen LogP contribution in [-0.2, 0) is 16.9 Å². The third-order valence-electron chi connectivity index (χ3n) is 7.99. The minimum absolute atomic E-state index is 0.0331. The van der Waals surface area contributed by atoms with Gasteiger partial charge in [0.1, 0.15) is 0 Å². The number of hydrogen-bond acceptors (Lipinski definition) is 3. The van der Waals surface area contributed by atoms with Crippen molar-refractivity contribution in [3.8, 4) is 0 Å². The van der Waals surface area contributed by atoms with E-state index in [1.165, 1.54) is 11.1 Å². The van der Waals surface area contributed by atoms with Gasteiger partial charge < -0.3 is 14.5 Å². The van der Waals surface area contributed by atoms with Gasteiger partial charge >= 0.3 is 0 Å². The molecule has 0 bridgehead atoms. The second-order valence-corrected chi connectivity index (χ2v) is 11.3. The highest BCUT2D eigenvalue weighted by Gasteiger charge is 2.42. The lowest BCUT2D eigenvalue weighted by molar-refractivity contribution is -0.0790. The van der Waals surface area contributed by atoms with Crippen molar-refractivity contribution in [3.05, 3.63) is 105 Å². The van der Waals surface area contributed by atoms with Crippen LogP contribution in [0.15, 0.2) is 66.7 Å². The van der Waals surface area contributed by atoms with Crippen molar-refractivity contribution >= 4 is 29.1 Å². The topological polar surface area (TPSA) is 32.8 Å². The molecule has 0 saturated carbocycles. The smallest absolute Gasteiger partial charge is 0.253 e. The summed E-state index contributed by atoms with van der Waals surface area (Å²) in [6.45, 7) is 6.29. The lowest BCUT2D eigenvalue weighted by atomic mass is 9.83. The van der Waals surface area contributed by atoms with Gasteiger partial charge in [0.2, 0.25) is 0 Å². The molecule has 6 heteroatoms. The summed E-state index contributed by atoms with van der Waals surface area (Å²) in [6.07, 6.45) is 2.94. The molecule has 1 saturated heterocycles. The molecule has 0 N–H and O–H groups in total. The van der Waals surface area contributed by atoms with Crippen molar-refractivity contribution in [2.75, 3.05) is 33.2 Å². The van der Waals surface area contributed by atoms with Crippen molar-refractivity contribution in [2.24, 2.45) is 0 Å². The van der Waals surface area contributed by atoms with Crippen LogP contribution in [0.4, 0.5) is 0 Å². The third-order valence-corrected chi connectivity index (χ3v) is 8.73. The molecule has 2 aliphatic rings. The molecule has 194 valence electrons. The van der Waals surface area contributed by atoms with Crippen LogP contribution in [0.2, 0.25) is 10.0 Å². The van der Waals surface area contributed by atoms with Gasteiger partial charge in [-0.2, -0.15) is 0 Å². The predicted molar refractivity (Wildman–Crippen MR) is 151 cm³/mol. The van der Waals surface area contributed by atoms with Crippen molar-refractivity contribution < 1.29 is 9.53 Å². The Morgan fingerprint density at radius 1 is 1.03 bits per heavy atom. The number of fused-ring (bicyclic) bond motifs is 2. The quantitative estimate of drug-likeness (QED) is 0.323. The fourth-order valence-electron chi connectivity index (χ4n) is 5.82. The summed E-state index contributed by atoms with van der Waals surface area (Å²) in [6, 6.07) is 22.3. The zero-order valence-electron chi connectivity index (χ0n) is 21.6. The molecule has 5 rings (SSSR count). The summed E-state index contributed by atoms with van der Waals surface area (Å²) < 4.78 is 6.35. The van der Waals surface area contributed by atoms with Gasteiger partial charge in [-0.3, -0.25) is 4.79 Å². The van der Waals surface area contributed by atoms with Crippen LogP contribution in [-0.4, -0.2) is 48.9 Å². The van der Waals surface area contributed by atoms with E-state index >= 15 is 0 Å². The maximum atomic E-state index is 13.2. The van der Waals surface area contributed by atoms with Gasteiger partial charge in [0.15, 0.2) is 0 Å². The van der Waals surface area contributed by atoms with E-state index in [9.17, 15) is 4.79 Å². The number of nitrogens with zero attached hydrogens (tertiary/aromatic N) is 2. The number of aryl methyl sites for hydroxylation is 1. The SMILES string of the molecule is Cc1cccc(C(=O)N(C)CC(CCN2CCC3(CC2)OCc2ccccc23)c2ccc(Cl)c(Cl)c2)c1. The van der Waals surface area contributed by atoms with E-state index in [1.54, 1.807) is 0 Å². The Morgan fingerprint density at radius 2 is 1.81 bits per heavy atom. The number of carbonyl (C=O) groups is 1. The Kier molecular flexibility index (Phi) is 7.92. The predicted octanol–water partition coefficient (Wildman–Crippen LogP) is 7.07. The van der Waals surface area contributed by atoms with Gasteiger partial charge in [0, 0.05) is 38.2 Å². The number of rotatable bonds is 7. The van der Waals surface area contributed by atoms with Crippen molar-refractivity contribution in [2.45, 2.75) is 44.3 Å². The van der Waals surface area contributed by atoms with Gasteiger partial charge in [0.25, 0.3) is 5.91 Å². The van der Waals surface area contributed by atoms with Gasteiger partial charge in [-0.25, -0.2) is 0 Å². The zero-order valence-corrected chi connectivity index (χ0v) is 23.1. The van der Waals surface area contributed by atoms with Gasteiger partial charge in [-0.15, -0.1) is 0 Å². The zero-order chi connectivity index (χ0) is 26.0. The normalized spacial score (nSPS) is 17.5. The molecule has 2 heterocycles. The summed E-state index contributed by atoms with van der Waals surface area (Å²) in [4.78, 5) is 17.5. The number of benzene rings is 3. The Balaban J connectivity index is 1.26. The Hall–Kier alpha value is -2.37. The second kappa shape index (κ2) is 11.2. The average molecular weight is 538 g/mol. The molecule has 1 spiro atoms. The van der Waals surface area contributed by atoms with Crippen molar-refractivity contribution in [1.82, 2.24) is 9.80 Å². The molecule has 0 aliphatic carbocycles. The van der Waals surface area contributed by atoms with Crippen LogP contribution in [0, 0.1) is 6.92 Å². The number of halogens is 2. The maximum absolute atomic E-state index is 13.2. The Labute approximate surface area is 230 Å². The van der Waals surface area contributed by atoms with Crippen LogP contribution >= 0.6 is 23.2 Å². The molecule has 1 atom stereocenters. The third kappa shape index (κ3) is 5.73. The first-order valence-corrected chi connectivity index (χ1v) is 13.8. The highest BCUT2D eigenvalue weighted by molar-refractivity contribution is 6.42. The molecule has 3 aromatic carbocycles. The first kappa shape index (κ1) is 26.2. The van der Waals surface area contributed by atoms with E-state index in [0.717, 1.165) is 56.6 Å². The fourth-order valence-corrected chi connectivity index (χ4v) is 6.12. The molecule has 4 nitrogen and oxygen atoms in total. The molecular weight excluding hydrogens is 503 g/mol. The van der Waals surface area contributed by atoms with E-state index in [4.69, 9.17) is 27.9 Å². The van der Waals surface area contributed by atoms with Crippen molar-refractivity contribution in [3.63, 3.8) is 0 Å². The summed E-state index contributed by atoms with van der Waals surface area (Å²) in [7, 11) is 1.88. The van der Waals surface area contributed by atoms with Crippen LogP contribution in [0.1, 0.15) is 57.8 Å². The van der Waals surface area contributed by atoms with Gasteiger partial charge in [0.05, 0.1) is 22.3 Å². The molecule has 3 aromatic rings. The average Bonchev–Trinajstić information content (AvgIpc) is 3.26. The Bertz CT molecular complexity index is 1270. The Morgan fingerprint density at radius 3 is 2.57 bits per heavy atom. The van der Waals surface area contributed by atoms with Crippen LogP contribution < -0.4 is 0 Å². The van der Waals surface area contributed by atoms with Crippen LogP contribution in [0.5, 0.6) is 0 Å². The number of carbonyl (C=O) groups excluding carboxylic acids is 1. The maximum Gasteiger partial charge on any atom is 0.253 e. The number of likely N-dealkylation sites (N-methyl/N-ethyl adjacent to an activating group) is 1. The van der Waals surface area contributed by atoms with E-state index in [0.29, 0.717) is 22.2 Å². The lowest BCUT2D eigenvalue weighted by Crippen LogP contribution is -2.43. The molecule has 0 aromatic heterocycles. The standard InChI is InChI=1S/C31H34Cl2N2O2/c1-22-6-5-8-24(18-22)30(36)34(2)20-25(23-10-11-28(32)29(33)19-23)12-15-35-16-13-31(14-17-35)27-9-4-3-7-26(27)21-37-31/h3-11,18-19,25H,12-17,20-21H2,1-2H3. The monoisotopic (exact) mass is 536 g/mol. The highest BCUT2D eigenvalue weighted by atomic mass is 35.5. The number of ether oxygens (including phenoxy) is 1. The number of hydrogen-bond donors (Lipinski definition) is 0. The minimum atomic E-state index is -0.128. The molecule has 37 heavy (non-hydrogen) atoms. The van der Waals surface area contributed by atoms with E-state index < -0.39 is 0 Å². The first-order chi connectivity index (χ1) is 17.8. The highest BCUT2D eigenvalue weighted by Crippen LogP contribution is 2.44. The van der Waals surface area contributed by atoms with Gasteiger partial charge in [-0.1, -0.05) is 71.2 Å². The summed E-state index contributed by atoms with van der Waals surface area (Å²) >= 11 is 12.6. The number of likely N-dealkylation sites (tertiary alicyclic amines) is 1. The van der Waals surface area contributed by atoms with Crippen LogP contribution in [0.3, 0.4) is 0 Å². The number of piperidine rings is 1. The van der Waals surface area contributed by atoms with Crippen molar-refractivity contribution in [1.29, 1.82) is 0 Å². The fraction of sp³-hybridized carbons (Fsp3) is 0.387. The lowest BCUT2D eigenvalue weighted by Gasteiger charge is -2.40. The van der Waals surface area contributed by atoms with E-state index in [2.05, 4.69) is 29.2 Å². The van der Waals surface area contributed by atoms with Crippen LogP contribution in [0.25, 0.3) is 0 Å². The summed E-state index contributed by atoms with van der Waals surface area (Å²) in [5, 5.41) is 1.10.